The van der Waals surface area contributed by atoms with E-state index < -0.39 is 5.91 Å². The molecule has 2 aromatic carbocycles. The van der Waals surface area contributed by atoms with Gasteiger partial charge in [0.05, 0.1) is 0 Å². The van der Waals surface area contributed by atoms with Gasteiger partial charge in [-0.1, -0.05) is 42.5 Å². The van der Waals surface area contributed by atoms with Crippen molar-refractivity contribution in [3.63, 3.8) is 0 Å². The van der Waals surface area contributed by atoms with Gasteiger partial charge in [-0.2, -0.15) is 0 Å². The molecule has 0 aliphatic carbocycles. The van der Waals surface area contributed by atoms with Gasteiger partial charge in [0.2, 0.25) is 0 Å². The first-order chi connectivity index (χ1) is 11.6. The molecule has 0 aromatic heterocycles. The molecule has 4 heteroatoms. The number of aryl methyl sites for hydroxylation is 2. The fourth-order valence-corrected chi connectivity index (χ4v) is 3.05. The van der Waals surface area contributed by atoms with Crippen molar-refractivity contribution in [1.82, 2.24) is 5.06 Å². The highest BCUT2D eigenvalue weighted by Crippen LogP contribution is 2.24. The predicted octanol–water partition coefficient (Wildman–Crippen LogP) is 4.44. The third-order valence-electron chi connectivity index (χ3n) is 3.79. The van der Waals surface area contributed by atoms with Gasteiger partial charge in [-0.15, -0.1) is 11.8 Å². The Morgan fingerprint density at radius 2 is 1.83 bits per heavy atom. The van der Waals surface area contributed by atoms with E-state index in [0.717, 1.165) is 29.7 Å². The van der Waals surface area contributed by atoms with Crippen LogP contribution in [0, 0.1) is 0 Å². The van der Waals surface area contributed by atoms with Crippen LogP contribution in [0.5, 0.6) is 0 Å². The summed E-state index contributed by atoms with van der Waals surface area (Å²) in [6.45, 7) is 0. The van der Waals surface area contributed by atoms with Crippen molar-refractivity contribution in [2.75, 3.05) is 13.3 Å². The molecular weight excluding hydrogens is 318 g/mol. The highest BCUT2D eigenvalue weighted by atomic mass is 32.2. The fraction of sp³-hybridized carbons (Fsp3) is 0.250. The molecular formula is C20H23NO2S. The number of rotatable bonds is 7. The Hall–Kier alpha value is -2.04. The maximum Gasteiger partial charge on any atom is 0.269 e. The number of likely N-dealkylation sites (N-methyl/N-ethyl adjacent to an activating group) is 1. The average Bonchev–Trinajstić information content (AvgIpc) is 2.60. The lowest BCUT2D eigenvalue weighted by atomic mass is 10.0. The minimum absolute atomic E-state index is 0.434. The third-order valence-corrected chi connectivity index (χ3v) is 4.60. The molecule has 0 saturated carbocycles. The molecule has 0 radical (unpaired) electrons. The van der Waals surface area contributed by atoms with Gasteiger partial charge in [-0.3, -0.25) is 10.0 Å². The van der Waals surface area contributed by atoms with Crippen LogP contribution in [0.3, 0.4) is 0 Å². The first-order valence-electron chi connectivity index (χ1n) is 7.95. The lowest BCUT2D eigenvalue weighted by molar-refractivity contribution is -0.153. The summed E-state index contributed by atoms with van der Waals surface area (Å²) < 4.78 is 0. The highest BCUT2D eigenvalue weighted by molar-refractivity contribution is 7.98. The Labute approximate surface area is 148 Å². The standard InChI is InChI=1S/C20H23NO2S/c1-21(23)20(22)14-12-18-15-17(11-13-19(18)24-2)10-6-9-16-7-4-3-5-8-16/h3-5,7-8,11-15,23H,6,9-10H2,1-2H3. The van der Waals surface area contributed by atoms with Crippen molar-refractivity contribution < 1.29 is 10.0 Å². The van der Waals surface area contributed by atoms with Crippen LogP contribution >= 0.6 is 11.8 Å². The molecule has 0 atom stereocenters. The molecule has 24 heavy (non-hydrogen) atoms. The van der Waals surface area contributed by atoms with E-state index in [0.29, 0.717) is 5.06 Å². The Morgan fingerprint density at radius 1 is 1.12 bits per heavy atom. The van der Waals surface area contributed by atoms with E-state index in [2.05, 4.69) is 42.5 Å². The molecule has 126 valence electrons. The van der Waals surface area contributed by atoms with E-state index in [9.17, 15) is 4.79 Å². The molecule has 1 N–H and O–H groups in total. The Kier molecular flexibility index (Phi) is 7.09. The summed E-state index contributed by atoms with van der Waals surface area (Å²) in [5.41, 5.74) is 3.62. The van der Waals surface area contributed by atoms with Gasteiger partial charge >= 0.3 is 0 Å². The van der Waals surface area contributed by atoms with E-state index in [1.165, 1.54) is 24.3 Å². The molecule has 0 fully saturated rings. The number of carbonyl (C=O) groups is 1. The van der Waals surface area contributed by atoms with Crippen molar-refractivity contribution >= 4 is 23.7 Å². The normalized spacial score (nSPS) is 11.0. The van der Waals surface area contributed by atoms with Crippen molar-refractivity contribution in [2.24, 2.45) is 0 Å². The van der Waals surface area contributed by atoms with Gasteiger partial charge in [0.15, 0.2) is 0 Å². The number of carbonyl (C=O) groups excluding carboxylic acids is 1. The van der Waals surface area contributed by atoms with Crippen molar-refractivity contribution in [3.05, 3.63) is 71.3 Å². The summed E-state index contributed by atoms with van der Waals surface area (Å²) in [5, 5.41) is 9.71. The van der Waals surface area contributed by atoms with Gasteiger partial charge in [-0.25, -0.2) is 5.06 Å². The van der Waals surface area contributed by atoms with Crippen LogP contribution < -0.4 is 0 Å². The first-order valence-corrected chi connectivity index (χ1v) is 9.18. The zero-order chi connectivity index (χ0) is 17.4. The average molecular weight is 341 g/mol. The number of nitrogens with zero attached hydrogens (tertiary/aromatic N) is 1. The fourth-order valence-electron chi connectivity index (χ4n) is 2.48. The van der Waals surface area contributed by atoms with Gasteiger partial charge in [0.1, 0.15) is 0 Å². The largest absolute Gasteiger partial charge is 0.286 e. The van der Waals surface area contributed by atoms with Crippen LogP contribution in [0.15, 0.2) is 59.5 Å². The molecule has 0 spiro atoms. The van der Waals surface area contributed by atoms with E-state index in [4.69, 9.17) is 5.21 Å². The maximum absolute atomic E-state index is 11.5. The topological polar surface area (TPSA) is 40.5 Å². The molecule has 0 unspecified atom stereocenters. The first kappa shape index (κ1) is 18.3. The van der Waals surface area contributed by atoms with Gasteiger partial charge in [0, 0.05) is 18.0 Å². The summed E-state index contributed by atoms with van der Waals surface area (Å²) in [7, 11) is 1.32. The quantitative estimate of drug-likeness (QED) is 0.350. The number of hydroxylamine groups is 2. The summed E-state index contributed by atoms with van der Waals surface area (Å²) >= 11 is 1.65. The van der Waals surface area contributed by atoms with Gasteiger partial charge < -0.3 is 0 Å². The van der Waals surface area contributed by atoms with Crippen LogP contribution in [-0.4, -0.2) is 29.5 Å². The molecule has 1 amide bonds. The molecule has 0 bridgehead atoms. The minimum Gasteiger partial charge on any atom is -0.286 e. The molecule has 0 heterocycles. The smallest absolute Gasteiger partial charge is 0.269 e. The van der Waals surface area contributed by atoms with Gasteiger partial charge in [-0.05, 0) is 54.4 Å². The molecule has 2 rings (SSSR count). The van der Waals surface area contributed by atoms with E-state index in [-0.39, 0.29) is 0 Å². The monoisotopic (exact) mass is 341 g/mol. The Balaban J connectivity index is 2.03. The van der Waals surface area contributed by atoms with Crippen molar-refractivity contribution in [1.29, 1.82) is 0 Å². The van der Waals surface area contributed by atoms with Crippen LogP contribution in [-0.2, 0) is 17.6 Å². The second-order valence-corrected chi connectivity index (χ2v) is 6.46. The zero-order valence-corrected chi connectivity index (χ0v) is 14.9. The van der Waals surface area contributed by atoms with Crippen LogP contribution in [0.4, 0.5) is 0 Å². The number of benzene rings is 2. The van der Waals surface area contributed by atoms with Crippen LogP contribution in [0.25, 0.3) is 6.08 Å². The number of amides is 1. The minimum atomic E-state index is -0.434. The lowest BCUT2D eigenvalue weighted by Crippen LogP contribution is -2.19. The molecule has 2 aromatic rings. The zero-order valence-electron chi connectivity index (χ0n) is 14.1. The summed E-state index contributed by atoms with van der Waals surface area (Å²) in [6.07, 6.45) is 8.32. The van der Waals surface area contributed by atoms with E-state index in [1.54, 1.807) is 17.8 Å². The second kappa shape index (κ2) is 9.30. The van der Waals surface area contributed by atoms with Crippen molar-refractivity contribution in [3.8, 4) is 0 Å². The highest BCUT2D eigenvalue weighted by Gasteiger charge is 2.04. The third kappa shape index (κ3) is 5.55. The SMILES string of the molecule is CSc1ccc(CCCc2ccccc2)cc1C=CC(=O)N(C)O. The maximum atomic E-state index is 11.5. The van der Waals surface area contributed by atoms with E-state index in [1.807, 2.05) is 12.3 Å². The van der Waals surface area contributed by atoms with Gasteiger partial charge in [0.25, 0.3) is 5.91 Å². The summed E-state index contributed by atoms with van der Waals surface area (Å²) in [4.78, 5) is 12.6. The number of hydrogen-bond donors (Lipinski definition) is 1. The number of thioether (sulfide) groups is 1. The lowest BCUT2D eigenvalue weighted by Gasteiger charge is -2.08. The van der Waals surface area contributed by atoms with Crippen LogP contribution in [0.1, 0.15) is 23.1 Å². The molecule has 0 aliphatic heterocycles. The van der Waals surface area contributed by atoms with Crippen molar-refractivity contribution in [2.45, 2.75) is 24.2 Å². The molecule has 3 nitrogen and oxygen atoms in total. The summed E-state index contributed by atoms with van der Waals surface area (Å²) in [5.74, 6) is -0.434. The second-order valence-electron chi connectivity index (χ2n) is 5.61. The Bertz CT molecular complexity index is 696. The Morgan fingerprint density at radius 3 is 2.50 bits per heavy atom. The predicted molar refractivity (Wildman–Crippen MR) is 100 cm³/mol. The number of hydrogen-bond acceptors (Lipinski definition) is 3. The van der Waals surface area contributed by atoms with E-state index >= 15 is 0 Å². The molecule has 0 aliphatic rings. The van der Waals surface area contributed by atoms with Crippen LogP contribution in [0.2, 0.25) is 0 Å². The molecule has 0 saturated heterocycles. The summed E-state index contributed by atoms with van der Waals surface area (Å²) in [6, 6.07) is 16.8.